The van der Waals surface area contributed by atoms with Crippen LogP contribution in [0.2, 0.25) is 0 Å². The van der Waals surface area contributed by atoms with Crippen LogP contribution < -0.4 is 10.5 Å². The maximum atomic E-state index is 11.9. The topological polar surface area (TPSA) is 72.2 Å². The summed E-state index contributed by atoms with van der Waals surface area (Å²) < 4.78 is 26.3. The van der Waals surface area contributed by atoms with Crippen LogP contribution in [-0.2, 0) is 10.0 Å². The summed E-state index contributed by atoms with van der Waals surface area (Å²) >= 11 is 4.87. The van der Waals surface area contributed by atoms with Crippen molar-refractivity contribution in [1.29, 1.82) is 0 Å². The van der Waals surface area contributed by atoms with Crippen LogP contribution >= 0.6 is 12.2 Å². The number of thiocarbonyl (C=S) groups is 1. The predicted octanol–water partition coefficient (Wildman–Crippen LogP) is 1.32. The van der Waals surface area contributed by atoms with Gasteiger partial charge in [0.05, 0.1) is 4.90 Å². The van der Waals surface area contributed by atoms with Crippen LogP contribution in [-0.4, -0.2) is 19.4 Å². The fraction of sp³-hybridized carbons (Fsp3) is 0.364. The largest absolute Gasteiger partial charge is 0.389 e. The lowest BCUT2D eigenvalue weighted by molar-refractivity contribution is 0.570. The number of aryl methyl sites for hydroxylation is 1. The molecule has 6 heteroatoms. The summed E-state index contributed by atoms with van der Waals surface area (Å²) in [6.07, 6.45) is 0. The van der Waals surface area contributed by atoms with Crippen molar-refractivity contribution in [1.82, 2.24) is 4.72 Å². The van der Waals surface area contributed by atoms with Crippen molar-refractivity contribution in [2.45, 2.75) is 31.7 Å². The molecule has 0 aliphatic heterocycles. The Morgan fingerprint density at radius 1 is 1.41 bits per heavy atom. The summed E-state index contributed by atoms with van der Waals surface area (Å²) in [7, 11) is -3.46. The summed E-state index contributed by atoms with van der Waals surface area (Å²) in [5.41, 5.74) is 6.97. The van der Waals surface area contributed by atoms with Gasteiger partial charge in [0.1, 0.15) is 4.99 Å². The minimum atomic E-state index is -3.46. The molecule has 0 fully saturated rings. The summed E-state index contributed by atoms with van der Waals surface area (Å²) in [6, 6.07) is 4.56. The van der Waals surface area contributed by atoms with Crippen LogP contribution in [0.3, 0.4) is 0 Å². The molecule has 0 spiro atoms. The second kappa shape index (κ2) is 5.12. The zero-order valence-electron chi connectivity index (χ0n) is 10.0. The molecule has 0 aliphatic carbocycles. The van der Waals surface area contributed by atoms with E-state index in [-0.39, 0.29) is 15.9 Å². The van der Waals surface area contributed by atoms with Gasteiger partial charge in [-0.15, -0.1) is 0 Å². The summed E-state index contributed by atoms with van der Waals surface area (Å²) in [4.78, 5) is 0.493. The monoisotopic (exact) mass is 272 g/mol. The molecule has 3 N–H and O–H groups in total. The molecular formula is C11H16N2O2S2. The number of hydrogen-bond donors (Lipinski definition) is 2. The molecule has 1 aromatic rings. The van der Waals surface area contributed by atoms with Crippen molar-refractivity contribution in [2.24, 2.45) is 5.73 Å². The molecule has 0 amide bonds. The zero-order chi connectivity index (χ0) is 13.2. The fourth-order valence-electron chi connectivity index (χ4n) is 1.46. The van der Waals surface area contributed by atoms with E-state index in [1.54, 1.807) is 32.9 Å². The van der Waals surface area contributed by atoms with Crippen LogP contribution in [0.15, 0.2) is 23.1 Å². The Labute approximate surface area is 107 Å². The number of hydrogen-bond acceptors (Lipinski definition) is 3. The van der Waals surface area contributed by atoms with E-state index < -0.39 is 10.0 Å². The average Bonchev–Trinajstić information content (AvgIpc) is 2.14. The highest BCUT2D eigenvalue weighted by atomic mass is 32.2. The van der Waals surface area contributed by atoms with Crippen LogP contribution in [0.1, 0.15) is 25.0 Å². The smallest absolute Gasteiger partial charge is 0.240 e. The summed E-state index contributed by atoms with van der Waals surface area (Å²) in [5.74, 6) is 0. The van der Waals surface area contributed by atoms with Crippen LogP contribution in [0, 0.1) is 6.92 Å². The average molecular weight is 272 g/mol. The first-order valence-electron chi connectivity index (χ1n) is 5.17. The number of sulfonamides is 1. The Hall–Kier alpha value is -0.980. The van der Waals surface area contributed by atoms with E-state index in [0.29, 0.717) is 5.56 Å². The van der Waals surface area contributed by atoms with Crippen molar-refractivity contribution in [3.63, 3.8) is 0 Å². The second-order valence-corrected chi connectivity index (χ2v) is 6.27. The van der Waals surface area contributed by atoms with Gasteiger partial charge in [0.2, 0.25) is 10.0 Å². The maximum absolute atomic E-state index is 11.9. The van der Waals surface area contributed by atoms with Crippen LogP contribution in [0.5, 0.6) is 0 Å². The van der Waals surface area contributed by atoms with Gasteiger partial charge in [-0.25, -0.2) is 13.1 Å². The molecule has 1 rings (SSSR count). The first kappa shape index (κ1) is 14.1. The Morgan fingerprint density at radius 3 is 2.41 bits per heavy atom. The van der Waals surface area contributed by atoms with E-state index in [0.717, 1.165) is 5.56 Å². The number of nitrogens with two attached hydrogens (primary N) is 1. The van der Waals surface area contributed by atoms with Crippen molar-refractivity contribution in [3.05, 3.63) is 29.3 Å². The first-order chi connectivity index (χ1) is 7.74. The highest BCUT2D eigenvalue weighted by molar-refractivity contribution is 7.89. The molecule has 0 saturated heterocycles. The molecule has 17 heavy (non-hydrogen) atoms. The normalized spacial score (nSPS) is 11.8. The lowest BCUT2D eigenvalue weighted by Crippen LogP contribution is -2.30. The maximum Gasteiger partial charge on any atom is 0.240 e. The molecule has 0 aliphatic rings. The van der Waals surface area contributed by atoms with E-state index in [1.165, 1.54) is 6.07 Å². The number of benzene rings is 1. The summed E-state index contributed by atoms with van der Waals surface area (Å²) in [6.45, 7) is 5.32. The molecular weight excluding hydrogens is 256 g/mol. The summed E-state index contributed by atoms with van der Waals surface area (Å²) in [5, 5.41) is 0. The molecule has 0 aromatic heterocycles. The van der Waals surface area contributed by atoms with Gasteiger partial charge in [-0.3, -0.25) is 0 Å². The quantitative estimate of drug-likeness (QED) is 0.811. The molecule has 0 heterocycles. The molecule has 0 unspecified atom stereocenters. The molecule has 0 bridgehead atoms. The van der Waals surface area contributed by atoms with Gasteiger partial charge in [0.15, 0.2) is 0 Å². The SMILES string of the molecule is Cc1cc(S(=O)(=O)NC(C)C)ccc1C(N)=S. The molecule has 0 atom stereocenters. The van der Waals surface area contributed by atoms with E-state index in [4.69, 9.17) is 18.0 Å². The highest BCUT2D eigenvalue weighted by Gasteiger charge is 2.16. The predicted molar refractivity (Wildman–Crippen MR) is 72.5 cm³/mol. The molecule has 1 aromatic carbocycles. The van der Waals surface area contributed by atoms with Crippen molar-refractivity contribution in [3.8, 4) is 0 Å². The molecule has 0 saturated carbocycles. The molecule has 94 valence electrons. The first-order valence-corrected chi connectivity index (χ1v) is 7.06. The number of nitrogens with one attached hydrogen (secondary N) is 1. The lowest BCUT2D eigenvalue weighted by atomic mass is 10.1. The Kier molecular flexibility index (Phi) is 4.24. The molecule has 0 radical (unpaired) electrons. The Balaban J connectivity index is 3.18. The third-order valence-corrected chi connectivity index (χ3v) is 4.04. The number of rotatable bonds is 4. The molecule has 4 nitrogen and oxygen atoms in total. The van der Waals surface area contributed by atoms with E-state index in [1.807, 2.05) is 0 Å². The zero-order valence-corrected chi connectivity index (χ0v) is 11.7. The van der Waals surface area contributed by atoms with Gasteiger partial charge in [-0.2, -0.15) is 0 Å². The van der Waals surface area contributed by atoms with Gasteiger partial charge in [-0.05, 0) is 38.5 Å². The van der Waals surface area contributed by atoms with Crippen molar-refractivity contribution in [2.75, 3.05) is 0 Å². The van der Waals surface area contributed by atoms with Crippen LogP contribution in [0.25, 0.3) is 0 Å². The fourth-order valence-corrected chi connectivity index (χ4v) is 3.02. The van der Waals surface area contributed by atoms with Crippen LogP contribution in [0.4, 0.5) is 0 Å². The van der Waals surface area contributed by atoms with Gasteiger partial charge < -0.3 is 5.73 Å². The van der Waals surface area contributed by atoms with Gasteiger partial charge >= 0.3 is 0 Å². The lowest BCUT2D eigenvalue weighted by Gasteiger charge is -2.11. The third kappa shape index (κ3) is 3.49. The standard InChI is InChI=1S/C11H16N2O2S2/c1-7(2)13-17(14,15)9-4-5-10(11(12)16)8(3)6-9/h4-7,13H,1-3H3,(H2,12,16). The third-order valence-electron chi connectivity index (χ3n) is 2.16. The van der Waals surface area contributed by atoms with Gasteiger partial charge in [0, 0.05) is 11.6 Å². The van der Waals surface area contributed by atoms with Gasteiger partial charge in [0.25, 0.3) is 0 Å². The van der Waals surface area contributed by atoms with Crippen molar-refractivity contribution < 1.29 is 8.42 Å². The second-order valence-electron chi connectivity index (χ2n) is 4.12. The van der Waals surface area contributed by atoms with Crippen molar-refractivity contribution >= 4 is 27.2 Å². The Bertz CT molecular complexity index is 536. The minimum Gasteiger partial charge on any atom is -0.389 e. The van der Waals surface area contributed by atoms with Gasteiger partial charge in [-0.1, -0.05) is 18.3 Å². The van der Waals surface area contributed by atoms with E-state index in [2.05, 4.69) is 4.72 Å². The van der Waals surface area contributed by atoms with E-state index in [9.17, 15) is 8.42 Å². The minimum absolute atomic E-state index is 0.143. The Morgan fingerprint density at radius 2 is 2.00 bits per heavy atom. The van der Waals surface area contributed by atoms with E-state index >= 15 is 0 Å². The highest BCUT2D eigenvalue weighted by Crippen LogP contribution is 2.15.